The van der Waals surface area contributed by atoms with Gasteiger partial charge in [-0.2, -0.15) is 13.2 Å². The van der Waals surface area contributed by atoms with Crippen LogP contribution in [0.25, 0.3) is 10.9 Å². The highest BCUT2D eigenvalue weighted by Gasteiger charge is 2.31. The van der Waals surface area contributed by atoms with Crippen LogP contribution in [0.2, 0.25) is 0 Å². The Morgan fingerprint density at radius 2 is 1.97 bits per heavy atom. The Morgan fingerprint density at radius 3 is 2.64 bits per heavy atom. The predicted octanol–water partition coefficient (Wildman–Crippen LogP) is 5.01. The van der Waals surface area contributed by atoms with Crippen LogP contribution in [0.15, 0.2) is 47.4 Å². The molecule has 0 saturated heterocycles. The number of nitrogens with one attached hydrogen (secondary N) is 2. The Kier molecular flexibility index (Phi) is 8.37. The molecule has 6 nitrogen and oxygen atoms in total. The summed E-state index contributed by atoms with van der Waals surface area (Å²) >= 11 is 0. The fourth-order valence-corrected chi connectivity index (χ4v) is 5.44. The fraction of sp³-hybridized carbons (Fsp3) is 0.393. The summed E-state index contributed by atoms with van der Waals surface area (Å²) in [5.41, 5.74) is 7.56. The van der Waals surface area contributed by atoms with E-state index in [9.17, 15) is 21.8 Å². The van der Waals surface area contributed by atoms with Crippen molar-refractivity contribution in [1.82, 2.24) is 4.57 Å². The molecule has 1 aromatic heterocycles. The molecule has 1 heterocycles. The van der Waals surface area contributed by atoms with E-state index in [0.717, 1.165) is 4.57 Å². The molecule has 0 spiro atoms. The zero-order valence-corrected chi connectivity index (χ0v) is 22.6. The van der Waals surface area contributed by atoms with Gasteiger partial charge in [0.05, 0.1) is 36.6 Å². The fourth-order valence-electron chi connectivity index (χ4n) is 4.73. The van der Waals surface area contributed by atoms with Gasteiger partial charge in [0.2, 0.25) is 0 Å². The average molecular weight is 565 g/mol. The van der Waals surface area contributed by atoms with Crippen molar-refractivity contribution in [2.75, 3.05) is 30.5 Å². The highest BCUT2D eigenvalue weighted by atomic mass is 32.2. The molecular formula is C28H32F4N4O2S. The van der Waals surface area contributed by atoms with Crippen LogP contribution in [0.5, 0.6) is 5.75 Å². The van der Waals surface area contributed by atoms with Crippen molar-refractivity contribution < 1.29 is 26.5 Å². The monoisotopic (exact) mass is 564 g/mol. The van der Waals surface area contributed by atoms with Gasteiger partial charge in [-0.1, -0.05) is 12.0 Å². The van der Waals surface area contributed by atoms with E-state index < -0.39 is 34.5 Å². The number of aromatic nitrogens is 1. The molecule has 1 unspecified atom stereocenters. The summed E-state index contributed by atoms with van der Waals surface area (Å²) in [4.78, 5) is 0.534. The second kappa shape index (κ2) is 11.4. The molecule has 0 amide bonds. The van der Waals surface area contributed by atoms with E-state index in [2.05, 4.69) is 28.3 Å². The molecular weight excluding hydrogens is 532 g/mol. The summed E-state index contributed by atoms with van der Waals surface area (Å²) < 4.78 is 73.8. The topological polar surface area (TPSA) is 81.3 Å². The second-order valence-corrected chi connectivity index (χ2v) is 12.3. The van der Waals surface area contributed by atoms with Crippen molar-refractivity contribution in [3.05, 3.63) is 48.2 Å². The van der Waals surface area contributed by atoms with Crippen molar-refractivity contribution in [3.8, 4) is 17.6 Å². The molecule has 4 N–H and O–H groups in total. The lowest BCUT2D eigenvalue weighted by Crippen LogP contribution is -2.41. The maximum absolute atomic E-state index is 14.6. The third kappa shape index (κ3) is 6.99. The summed E-state index contributed by atoms with van der Waals surface area (Å²) in [6, 6.07) is 10.9. The van der Waals surface area contributed by atoms with Crippen LogP contribution in [0.3, 0.4) is 0 Å². The maximum Gasteiger partial charge on any atom is 0.406 e. The molecule has 4 rings (SSSR count). The standard InChI is InChI=1S/C28H32F4N4O2S/c1-38-27-16-20(39(2,3)37)10-12-25(27)34-13-5-6-19-15-21-23(35-24-11-9-18(33)14-22(24)29)7-4-8-26(21)36(19)17-28(30,31)32/h4,7-8,10,12,15-16,18,22,24,34-35H,2,9,11,13-14,17,33H2,1,3H3/t18-,22+,24+,39?/m0/s1. The first-order chi connectivity index (χ1) is 18.4. The number of hydrogen-bond donors (Lipinski definition) is 3. The van der Waals surface area contributed by atoms with E-state index >= 15 is 0 Å². The molecule has 39 heavy (non-hydrogen) atoms. The van der Waals surface area contributed by atoms with Gasteiger partial charge >= 0.3 is 6.18 Å². The Hall–Kier alpha value is -3.36. The average Bonchev–Trinajstić information content (AvgIpc) is 3.19. The van der Waals surface area contributed by atoms with Crippen molar-refractivity contribution in [1.29, 1.82) is 0 Å². The summed E-state index contributed by atoms with van der Waals surface area (Å²) in [5.74, 6) is 9.85. The number of fused-ring (bicyclic) bond motifs is 1. The van der Waals surface area contributed by atoms with Gasteiger partial charge in [0.25, 0.3) is 0 Å². The van der Waals surface area contributed by atoms with Crippen molar-refractivity contribution in [2.45, 2.75) is 55.1 Å². The molecule has 1 saturated carbocycles. The smallest absolute Gasteiger partial charge is 0.406 e. The van der Waals surface area contributed by atoms with Gasteiger partial charge in [0, 0.05) is 28.3 Å². The SMILES string of the molecule is C=S(C)(=O)c1ccc(NCC#Cc2cc3c(N[C@@H]4CC[C@H](N)C[C@H]4F)cccc3n2CC(F)(F)F)c(OC)c1. The number of benzene rings is 2. The van der Waals surface area contributed by atoms with Gasteiger partial charge in [0.1, 0.15) is 18.5 Å². The van der Waals surface area contributed by atoms with E-state index in [0.29, 0.717) is 45.8 Å². The Balaban J connectivity index is 1.61. The van der Waals surface area contributed by atoms with Crippen LogP contribution in [-0.4, -0.2) is 59.0 Å². The van der Waals surface area contributed by atoms with Crippen LogP contribution >= 0.6 is 0 Å². The van der Waals surface area contributed by atoms with E-state index in [1.807, 2.05) is 0 Å². The minimum absolute atomic E-state index is 0.117. The molecule has 0 aliphatic heterocycles. The molecule has 0 bridgehead atoms. The van der Waals surface area contributed by atoms with Gasteiger partial charge in [-0.25, -0.2) is 4.39 Å². The zero-order chi connectivity index (χ0) is 28.4. The van der Waals surface area contributed by atoms with E-state index in [1.54, 1.807) is 42.5 Å². The van der Waals surface area contributed by atoms with Gasteiger partial charge < -0.3 is 25.7 Å². The number of rotatable bonds is 7. The molecule has 1 aliphatic rings. The number of hydrogen-bond acceptors (Lipinski definition) is 5. The molecule has 0 radical (unpaired) electrons. The number of halogens is 4. The van der Waals surface area contributed by atoms with Gasteiger partial charge in [-0.15, -0.1) is 0 Å². The number of methoxy groups -OCH3 is 1. The van der Waals surface area contributed by atoms with Crippen LogP contribution in [0.4, 0.5) is 28.9 Å². The third-order valence-electron chi connectivity index (χ3n) is 6.69. The summed E-state index contributed by atoms with van der Waals surface area (Å²) in [6.45, 7) is -1.09. The number of alkyl halides is 4. The lowest BCUT2D eigenvalue weighted by molar-refractivity contribution is -0.140. The number of ether oxygens (including phenoxy) is 1. The van der Waals surface area contributed by atoms with Crippen molar-refractivity contribution in [2.24, 2.45) is 5.73 Å². The highest BCUT2D eigenvalue weighted by molar-refractivity contribution is 7.99. The lowest BCUT2D eigenvalue weighted by atomic mass is 9.90. The summed E-state index contributed by atoms with van der Waals surface area (Å²) in [7, 11) is -0.950. The first-order valence-electron chi connectivity index (χ1n) is 12.4. The van der Waals surface area contributed by atoms with E-state index in [-0.39, 0.29) is 24.7 Å². The molecule has 210 valence electrons. The highest BCUT2D eigenvalue weighted by Crippen LogP contribution is 2.33. The predicted molar refractivity (Wildman–Crippen MR) is 150 cm³/mol. The molecule has 2 aromatic carbocycles. The maximum atomic E-state index is 14.6. The minimum atomic E-state index is -4.46. The third-order valence-corrected chi connectivity index (χ3v) is 7.94. The lowest BCUT2D eigenvalue weighted by Gasteiger charge is -2.31. The first-order valence-corrected chi connectivity index (χ1v) is 14.6. The Labute approximate surface area is 225 Å². The number of anilines is 2. The van der Waals surface area contributed by atoms with Crippen LogP contribution in [-0.2, 0) is 16.1 Å². The zero-order valence-electron chi connectivity index (χ0n) is 21.8. The Morgan fingerprint density at radius 1 is 1.21 bits per heavy atom. The van der Waals surface area contributed by atoms with Crippen LogP contribution in [0.1, 0.15) is 25.0 Å². The van der Waals surface area contributed by atoms with Crippen LogP contribution < -0.4 is 21.1 Å². The molecule has 11 heteroatoms. The quantitative estimate of drug-likeness (QED) is 0.214. The number of nitrogens with two attached hydrogens (primary N) is 1. The molecule has 1 fully saturated rings. The normalized spacial score (nSPS) is 21.1. The van der Waals surface area contributed by atoms with Crippen molar-refractivity contribution >= 4 is 37.7 Å². The van der Waals surface area contributed by atoms with Gasteiger partial charge in [-0.05, 0) is 77.0 Å². The Bertz CT molecular complexity index is 1510. The van der Waals surface area contributed by atoms with Gasteiger partial charge in [-0.3, -0.25) is 4.21 Å². The van der Waals surface area contributed by atoms with E-state index in [1.165, 1.54) is 13.4 Å². The largest absolute Gasteiger partial charge is 0.495 e. The van der Waals surface area contributed by atoms with Gasteiger partial charge in [0.15, 0.2) is 0 Å². The molecule has 3 aromatic rings. The van der Waals surface area contributed by atoms with Crippen molar-refractivity contribution in [3.63, 3.8) is 0 Å². The summed E-state index contributed by atoms with van der Waals surface area (Å²) in [6.07, 6.45) is -2.62. The first kappa shape index (κ1) is 28.6. The molecule has 1 aliphatic carbocycles. The minimum Gasteiger partial charge on any atom is -0.495 e. The number of nitrogens with zero attached hydrogens (tertiary/aromatic N) is 1. The molecule has 4 atom stereocenters. The van der Waals surface area contributed by atoms with E-state index in [4.69, 9.17) is 10.5 Å². The second-order valence-electron chi connectivity index (χ2n) is 9.83. The summed E-state index contributed by atoms with van der Waals surface area (Å²) in [5, 5.41) is 6.81. The van der Waals surface area contributed by atoms with Crippen LogP contribution in [0, 0.1) is 11.8 Å².